The van der Waals surface area contributed by atoms with Gasteiger partial charge in [0.05, 0.1) is 14.2 Å². The molecule has 0 saturated carbocycles. The van der Waals surface area contributed by atoms with Crippen LogP contribution in [0.15, 0.2) is 46.9 Å². The Morgan fingerprint density at radius 2 is 1.42 bits per heavy atom. The van der Waals surface area contributed by atoms with Crippen LogP contribution in [0.1, 0.15) is 11.1 Å². The maximum absolute atomic E-state index is 9.10. The number of benzene rings is 2. The quantitative estimate of drug-likeness (QED) is 0.591. The van der Waals surface area contributed by atoms with Crippen molar-refractivity contribution in [1.82, 2.24) is 9.80 Å². The van der Waals surface area contributed by atoms with Gasteiger partial charge in [-0.15, -0.1) is 0 Å². The normalized spacial score (nSPS) is 14.3. The first kappa shape index (κ1) is 24.6. The van der Waals surface area contributed by atoms with Gasteiger partial charge >= 0.3 is 11.9 Å². The van der Waals surface area contributed by atoms with Crippen LogP contribution in [0, 0.1) is 0 Å². The number of nitrogens with zero attached hydrogens (tertiary/aromatic N) is 2. The number of methoxy groups -OCH3 is 2. The van der Waals surface area contributed by atoms with Crippen molar-refractivity contribution in [3.63, 3.8) is 0 Å². The highest BCUT2D eigenvalue weighted by molar-refractivity contribution is 9.10. The summed E-state index contributed by atoms with van der Waals surface area (Å²) in [5.74, 6) is -1.84. The summed E-state index contributed by atoms with van der Waals surface area (Å²) in [6, 6.07) is 14.5. The predicted molar refractivity (Wildman–Crippen MR) is 120 cm³/mol. The Kier molecular flexibility index (Phi) is 9.77. The number of hydrogen-bond acceptors (Lipinski definition) is 6. The molecule has 2 N–H and O–H groups in total. The number of carboxylic acid groups (broad SMARTS) is 2. The first-order valence-electron chi connectivity index (χ1n) is 9.69. The van der Waals surface area contributed by atoms with E-state index in [1.54, 1.807) is 14.2 Å². The lowest BCUT2D eigenvalue weighted by atomic mass is 10.1. The fourth-order valence-corrected chi connectivity index (χ4v) is 3.63. The van der Waals surface area contributed by atoms with E-state index < -0.39 is 11.9 Å². The second-order valence-electron chi connectivity index (χ2n) is 6.93. The summed E-state index contributed by atoms with van der Waals surface area (Å²) in [6.07, 6.45) is 0. The Bertz CT molecular complexity index is 872. The Morgan fingerprint density at radius 1 is 0.871 bits per heavy atom. The van der Waals surface area contributed by atoms with Crippen molar-refractivity contribution in [1.29, 1.82) is 0 Å². The smallest absolute Gasteiger partial charge is 0.414 e. The molecule has 1 aliphatic rings. The molecule has 9 heteroatoms. The molecule has 0 aromatic heterocycles. The van der Waals surface area contributed by atoms with Gasteiger partial charge < -0.3 is 19.7 Å². The molecule has 1 fully saturated rings. The molecule has 0 bridgehead atoms. The third kappa shape index (κ3) is 7.86. The molecule has 0 amide bonds. The highest BCUT2D eigenvalue weighted by atomic mass is 79.9. The van der Waals surface area contributed by atoms with Gasteiger partial charge in [0.2, 0.25) is 0 Å². The Balaban J connectivity index is 0.000000501. The van der Waals surface area contributed by atoms with E-state index in [2.05, 4.69) is 56.1 Å². The number of hydrogen-bond donors (Lipinski definition) is 2. The van der Waals surface area contributed by atoms with E-state index in [0.717, 1.165) is 50.8 Å². The standard InChI is InChI=1S/C20H25BrN2O2.C2H2O4/c1-24-18-7-8-20(25-2)17(13-18)15-23-11-9-22(10-12-23)14-16-5-3-4-6-19(16)21;3-1(4)2(5)6/h3-8,13H,9-12,14-15H2,1-2H3;(H,3,4)(H,5,6). The van der Waals surface area contributed by atoms with Crippen LogP contribution < -0.4 is 9.47 Å². The first-order chi connectivity index (χ1) is 14.8. The number of carboxylic acids is 2. The van der Waals surface area contributed by atoms with Crippen LogP contribution in [-0.2, 0) is 22.7 Å². The summed E-state index contributed by atoms with van der Waals surface area (Å²) in [6.45, 7) is 6.16. The summed E-state index contributed by atoms with van der Waals surface area (Å²) in [7, 11) is 3.42. The molecular weight excluding hydrogens is 468 g/mol. The minimum Gasteiger partial charge on any atom is -0.497 e. The minimum atomic E-state index is -1.82. The molecule has 8 nitrogen and oxygen atoms in total. The van der Waals surface area contributed by atoms with Crippen molar-refractivity contribution in [2.45, 2.75) is 13.1 Å². The maximum atomic E-state index is 9.10. The molecular formula is C22H27BrN2O6. The molecule has 0 atom stereocenters. The van der Waals surface area contributed by atoms with Crippen molar-refractivity contribution in [3.8, 4) is 11.5 Å². The highest BCUT2D eigenvalue weighted by Crippen LogP contribution is 2.26. The van der Waals surface area contributed by atoms with E-state index in [1.807, 2.05) is 12.1 Å². The van der Waals surface area contributed by atoms with Gasteiger partial charge in [0.15, 0.2) is 0 Å². The summed E-state index contributed by atoms with van der Waals surface area (Å²) in [4.78, 5) is 23.2. The van der Waals surface area contributed by atoms with Crippen LogP contribution in [0.2, 0.25) is 0 Å². The van der Waals surface area contributed by atoms with E-state index in [9.17, 15) is 0 Å². The highest BCUT2D eigenvalue weighted by Gasteiger charge is 2.19. The Morgan fingerprint density at radius 3 is 1.90 bits per heavy atom. The molecule has 2 aromatic rings. The van der Waals surface area contributed by atoms with Crippen molar-refractivity contribution in [3.05, 3.63) is 58.1 Å². The molecule has 1 heterocycles. The van der Waals surface area contributed by atoms with Gasteiger partial charge in [-0.05, 0) is 29.8 Å². The van der Waals surface area contributed by atoms with Crippen molar-refractivity contribution in [2.75, 3.05) is 40.4 Å². The first-order valence-corrected chi connectivity index (χ1v) is 10.5. The molecule has 3 rings (SSSR count). The Labute approximate surface area is 190 Å². The van der Waals surface area contributed by atoms with Gasteiger partial charge in [-0.1, -0.05) is 34.1 Å². The predicted octanol–water partition coefficient (Wildman–Crippen LogP) is 2.94. The monoisotopic (exact) mass is 494 g/mol. The van der Waals surface area contributed by atoms with Gasteiger partial charge in [0, 0.05) is 49.3 Å². The number of aliphatic carboxylic acids is 2. The largest absolute Gasteiger partial charge is 0.497 e. The van der Waals surface area contributed by atoms with Gasteiger partial charge in [-0.3, -0.25) is 9.80 Å². The zero-order valence-electron chi connectivity index (χ0n) is 17.6. The molecule has 168 valence electrons. The minimum absolute atomic E-state index is 0.878. The van der Waals surface area contributed by atoms with Gasteiger partial charge in [-0.25, -0.2) is 9.59 Å². The molecule has 0 spiro atoms. The van der Waals surface area contributed by atoms with Crippen LogP contribution in [0.4, 0.5) is 0 Å². The van der Waals surface area contributed by atoms with Crippen molar-refractivity contribution < 1.29 is 29.3 Å². The zero-order chi connectivity index (χ0) is 22.8. The SMILES string of the molecule is COc1ccc(OC)c(CN2CCN(Cc3ccccc3Br)CC2)c1.O=C(O)C(=O)O. The van der Waals surface area contributed by atoms with Crippen LogP contribution in [0.5, 0.6) is 11.5 Å². The summed E-state index contributed by atoms with van der Waals surface area (Å²) >= 11 is 3.65. The van der Waals surface area contributed by atoms with Crippen molar-refractivity contribution >= 4 is 27.9 Å². The molecule has 0 unspecified atom stereocenters. The summed E-state index contributed by atoms with van der Waals surface area (Å²) in [5, 5.41) is 14.8. The van der Waals surface area contributed by atoms with Crippen LogP contribution in [0.3, 0.4) is 0 Å². The fourth-order valence-electron chi connectivity index (χ4n) is 3.22. The van der Waals surface area contributed by atoms with E-state index in [4.69, 9.17) is 29.3 Å². The molecule has 0 aliphatic carbocycles. The van der Waals surface area contributed by atoms with E-state index >= 15 is 0 Å². The third-order valence-electron chi connectivity index (χ3n) is 4.88. The molecule has 0 radical (unpaired) electrons. The Hall–Kier alpha value is -2.62. The lowest BCUT2D eigenvalue weighted by Crippen LogP contribution is -2.45. The lowest BCUT2D eigenvalue weighted by Gasteiger charge is -2.35. The number of ether oxygens (including phenoxy) is 2. The average Bonchev–Trinajstić information content (AvgIpc) is 2.77. The van der Waals surface area contributed by atoms with Gasteiger partial charge in [-0.2, -0.15) is 0 Å². The van der Waals surface area contributed by atoms with Crippen LogP contribution >= 0.6 is 15.9 Å². The fraction of sp³-hybridized carbons (Fsp3) is 0.364. The number of halogens is 1. The summed E-state index contributed by atoms with van der Waals surface area (Å²) < 4.78 is 12.0. The molecule has 1 aliphatic heterocycles. The van der Waals surface area contributed by atoms with E-state index in [0.29, 0.717) is 0 Å². The topological polar surface area (TPSA) is 99.5 Å². The summed E-state index contributed by atoms with van der Waals surface area (Å²) in [5.41, 5.74) is 2.53. The number of carbonyl (C=O) groups is 2. The molecule has 31 heavy (non-hydrogen) atoms. The van der Waals surface area contributed by atoms with Gasteiger partial charge in [0.1, 0.15) is 11.5 Å². The number of rotatable bonds is 6. The maximum Gasteiger partial charge on any atom is 0.414 e. The number of piperazine rings is 1. The zero-order valence-corrected chi connectivity index (χ0v) is 19.2. The van der Waals surface area contributed by atoms with E-state index in [-0.39, 0.29) is 0 Å². The van der Waals surface area contributed by atoms with Crippen LogP contribution in [0.25, 0.3) is 0 Å². The molecule has 2 aromatic carbocycles. The molecule has 1 saturated heterocycles. The second-order valence-corrected chi connectivity index (χ2v) is 7.79. The lowest BCUT2D eigenvalue weighted by molar-refractivity contribution is -0.159. The van der Waals surface area contributed by atoms with Crippen molar-refractivity contribution in [2.24, 2.45) is 0 Å². The van der Waals surface area contributed by atoms with Gasteiger partial charge in [0.25, 0.3) is 0 Å². The third-order valence-corrected chi connectivity index (χ3v) is 5.65. The van der Waals surface area contributed by atoms with Crippen LogP contribution in [-0.4, -0.2) is 72.4 Å². The van der Waals surface area contributed by atoms with E-state index in [1.165, 1.54) is 15.6 Å². The second kappa shape index (κ2) is 12.3. The average molecular weight is 495 g/mol.